The van der Waals surface area contributed by atoms with Gasteiger partial charge in [-0.25, -0.2) is 0 Å². The van der Waals surface area contributed by atoms with Crippen LogP contribution in [0.1, 0.15) is 24.2 Å². The van der Waals surface area contributed by atoms with Gasteiger partial charge in [0, 0.05) is 6.04 Å². The molecule has 0 saturated carbocycles. The van der Waals surface area contributed by atoms with E-state index in [1.807, 2.05) is 0 Å². The lowest BCUT2D eigenvalue weighted by molar-refractivity contribution is -0.137. The lowest BCUT2D eigenvalue weighted by atomic mass is 10.0. The number of benzene rings is 1. The fourth-order valence-electron chi connectivity index (χ4n) is 1.17. The first-order valence-electron chi connectivity index (χ1n) is 4.43. The summed E-state index contributed by atoms with van der Waals surface area (Å²) >= 11 is 0. The number of nitrogens with two attached hydrogens (primary N) is 1. The van der Waals surface area contributed by atoms with Gasteiger partial charge in [0.05, 0.1) is 11.7 Å². The SMILES string of the molecule is CC(N)C(O)c1ccc(C(F)(F)F)cc1. The molecule has 0 aliphatic heterocycles. The highest BCUT2D eigenvalue weighted by Gasteiger charge is 2.30. The van der Waals surface area contributed by atoms with Crippen LogP contribution in [0.2, 0.25) is 0 Å². The zero-order chi connectivity index (χ0) is 11.6. The van der Waals surface area contributed by atoms with Crippen LogP contribution in [-0.4, -0.2) is 11.1 Å². The minimum atomic E-state index is -4.35. The van der Waals surface area contributed by atoms with Crippen molar-refractivity contribution >= 4 is 0 Å². The van der Waals surface area contributed by atoms with Gasteiger partial charge in [0.15, 0.2) is 0 Å². The summed E-state index contributed by atoms with van der Waals surface area (Å²) in [6.45, 7) is 1.59. The molecule has 2 unspecified atom stereocenters. The third kappa shape index (κ3) is 2.94. The van der Waals surface area contributed by atoms with Crippen molar-refractivity contribution in [1.29, 1.82) is 0 Å². The van der Waals surface area contributed by atoms with E-state index in [1.165, 1.54) is 12.1 Å². The van der Waals surface area contributed by atoms with Crippen LogP contribution in [-0.2, 0) is 6.18 Å². The van der Waals surface area contributed by atoms with Gasteiger partial charge in [-0.1, -0.05) is 12.1 Å². The molecule has 0 radical (unpaired) electrons. The van der Waals surface area contributed by atoms with E-state index in [0.29, 0.717) is 5.56 Å². The molecular formula is C10H12F3NO. The molecule has 2 nitrogen and oxygen atoms in total. The first-order valence-corrected chi connectivity index (χ1v) is 4.43. The number of hydrogen-bond donors (Lipinski definition) is 2. The molecule has 0 fully saturated rings. The highest BCUT2D eigenvalue weighted by Crippen LogP contribution is 2.30. The number of aliphatic hydroxyl groups is 1. The van der Waals surface area contributed by atoms with Crippen molar-refractivity contribution in [2.75, 3.05) is 0 Å². The number of hydrogen-bond acceptors (Lipinski definition) is 2. The van der Waals surface area contributed by atoms with Crippen LogP contribution in [0.3, 0.4) is 0 Å². The van der Waals surface area contributed by atoms with Crippen molar-refractivity contribution in [2.24, 2.45) is 5.73 Å². The van der Waals surface area contributed by atoms with Gasteiger partial charge in [-0.2, -0.15) is 13.2 Å². The van der Waals surface area contributed by atoms with Crippen LogP contribution in [0.5, 0.6) is 0 Å². The van der Waals surface area contributed by atoms with E-state index in [4.69, 9.17) is 5.73 Å². The molecule has 1 aromatic rings. The Morgan fingerprint density at radius 1 is 1.20 bits per heavy atom. The van der Waals surface area contributed by atoms with Crippen LogP contribution in [0.25, 0.3) is 0 Å². The van der Waals surface area contributed by atoms with Crippen molar-refractivity contribution < 1.29 is 18.3 Å². The first-order chi connectivity index (χ1) is 6.82. The molecule has 5 heteroatoms. The Bertz CT molecular complexity index is 318. The van der Waals surface area contributed by atoms with E-state index < -0.39 is 23.9 Å². The molecule has 0 bridgehead atoms. The summed E-state index contributed by atoms with van der Waals surface area (Å²) in [7, 11) is 0. The smallest absolute Gasteiger partial charge is 0.387 e. The van der Waals surface area contributed by atoms with Gasteiger partial charge >= 0.3 is 6.18 Å². The standard InChI is InChI=1S/C10H12F3NO/c1-6(14)9(15)7-2-4-8(5-3-7)10(11,12)13/h2-6,9,15H,14H2,1H3. The summed E-state index contributed by atoms with van der Waals surface area (Å²) < 4.78 is 36.6. The second kappa shape index (κ2) is 4.20. The summed E-state index contributed by atoms with van der Waals surface area (Å²) in [5, 5.41) is 9.49. The second-order valence-electron chi connectivity index (χ2n) is 3.42. The zero-order valence-electron chi connectivity index (χ0n) is 8.12. The molecule has 15 heavy (non-hydrogen) atoms. The first kappa shape index (κ1) is 12.0. The fourth-order valence-corrected chi connectivity index (χ4v) is 1.17. The summed E-state index contributed by atoms with van der Waals surface area (Å²) in [6, 6.07) is 3.82. The molecule has 0 saturated heterocycles. The molecule has 3 N–H and O–H groups in total. The maximum atomic E-state index is 12.2. The average molecular weight is 219 g/mol. The maximum Gasteiger partial charge on any atom is 0.416 e. The molecule has 2 atom stereocenters. The van der Waals surface area contributed by atoms with Crippen molar-refractivity contribution in [1.82, 2.24) is 0 Å². The number of halogens is 3. The number of rotatable bonds is 2. The molecule has 1 rings (SSSR count). The number of aliphatic hydroxyl groups excluding tert-OH is 1. The fraction of sp³-hybridized carbons (Fsp3) is 0.400. The molecule has 0 spiro atoms. The molecule has 0 amide bonds. The second-order valence-corrected chi connectivity index (χ2v) is 3.42. The average Bonchev–Trinajstić information content (AvgIpc) is 2.15. The predicted octanol–water partition coefficient (Wildman–Crippen LogP) is 2.09. The van der Waals surface area contributed by atoms with Gasteiger partial charge in [0.2, 0.25) is 0 Å². The van der Waals surface area contributed by atoms with E-state index in [1.54, 1.807) is 6.92 Å². The topological polar surface area (TPSA) is 46.2 Å². The minimum Gasteiger partial charge on any atom is -0.387 e. The lowest BCUT2D eigenvalue weighted by Crippen LogP contribution is -2.24. The highest BCUT2D eigenvalue weighted by molar-refractivity contribution is 5.26. The molecule has 0 aliphatic rings. The van der Waals surface area contributed by atoms with E-state index in [0.717, 1.165) is 12.1 Å². The van der Waals surface area contributed by atoms with Crippen LogP contribution in [0, 0.1) is 0 Å². The highest BCUT2D eigenvalue weighted by atomic mass is 19.4. The summed E-state index contributed by atoms with van der Waals surface area (Å²) in [5.41, 5.74) is 5.07. The Morgan fingerprint density at radius 2 is 1.67 bits per heavy atom. The Kier molecular flexibility index (Phi) is 3.36. The normalized spacial score (nSPS) is 16.1. The Balaban J connectivity index is 2.91. The monoisotopic (exact) mass is 219 g/mol. The molecule has 1 aromatic carbocycles. The van der Waals surface area contributed by atoms with E-state index in [-0.39, 0.29) is 0 Å². The third-order valence-corrected chi connectivity index (χ3v) is 2.08. The van der Waals surface area contributed by atoms with Gasteiger partial charge in [-0.3, -0.25) is 0 Å². The van der Waals surface area contributed by atoms with Crippen LogP contribution in [0.15, 0.2) is 24.3 Å². The largest absolute Gasteiger partial charge is 0.416 e. The van der Waals surface area contributed by atoms with Crippen LogP contribution in [0.4, 0.5) is 13.2 Å². The van der Waals surface area contributed by atoms with E-state index in [9.17, 15) is 18.3 Å². The van der Waals surface area contributed by atoms with Crippen molar-refractivity contribution in [3.63, 3.8) is 0 Å². The quantitative estimate of drug-likeness (QED) is 0.800. The minimum absolute atomic E-state index is 0.387. The Labute approximate surface area is 85.5 Å². The summed E-state index contributed by atoms with van der Waals surface area (Å²) in [4.78, 5) is 0. The molecule has 0 aliphatic carbocycles. The molecule has 0 aromatic heterocycles. The summed E-state index contributed by atoms with van der Waals surface area (Å²) in [5.74, 6) is 0. The van der Waals surface area contributed by atoms with E-state index in [2.05, 4.69) is 0 Å². The van der Waals surface area contributed by atoms with Gasteiger partial charge in [-0.05, 0) is 24.6 Å². The Morgan fingerprint density at radius 3 is 2.00 bits per heavy atom. The predicted molar refractivity (Wildman–Crippen MR) is 50.1 cm³/mol. The molecule has 0 heterocycles. The Hall–Kier alpha value is -1.07. The van der Waals surface area contributed by atoms with Crippen molar-refractivity contribution in [3.8, 4) is 0 Å². The lowest BCUT2D eigenvalue weighted by Gasteiger charge is -2.15. The van der Waals surface area contributed by atoms with Gasteiger partial charge in [0.25, 0.3) is 0 Å². The van der Waals surface area contributed by atoms with Gasteiger partial charge in [0.1, 0.15) is 0 Å². The number of alkyl halides is 3. The van der Waals surface area contributed by atoms with Gasteiger partial charge in [-0.15, -0.1) is 0 Å². The summed E-state index contributed by atoms with van der Waals surface area (Å²) in [6.07, 6.45) is -5.29. The third-order valence-electron chi connectivity index (χ3n) is 2.08. The van der Waals surface area contributed by atoms with E-state index >= 15 is 0 Å². The molecular weight excluding hydrogens is 207 g/mol. The van der Waals surface area contributed by atoms with Crippen LogP contribution >= 0.6 is 0 Å². The van der Waals surface area contributed by atoms with Crippen LogP contribution < -0.4 is 5.73 Å². The van der Waals surface area contributed by atoms with Gasteiger partial charge < -0.3 is 10.8 Å². The molecule has 84 valence electrons. The maximum absolute atomic E-state index is 12.2. The van der Waals surface area contributed by atoms with Crippen molar-refractivity contribution in [3.05, 3.63) is 35.4 Å². The zero-order valence-corrected chi connectivity index (χ0v) is 8.12. The van der Waals surface area contributed by atoms with Crippen molar-refractivity contribution in [2.45, 2.75) is 25.2 Å².